The molecule has 6 nitrogen and oxygen atoms in total. The molecule has 10 heteroatoms. The van der Waals surface area contributed by atoms with Crippen LogP contribution in [-0.2, 0) is 6.18 Å². The van der Waals surface area contributed by atoms with Gasteiger partial charge in [-0.15, -0.1) is 0 Å². The minimum Gasteiger partial charge on any atom is -0.396 e. The van der Waals surface area contributed by atoms with Gasteiger partial charge in [0, 0.05) is 18.2 Å². The van der Waals surface area contributed by atoms with E-state index in [4.69, 9.17) is 11.6 Å². The first-order chi connectivity index (χ1) is 14.7. The summed E-state index contributed by atoms with van der Waals surface area (Å²) in [6.07, 6.45) is 0.924. The lowest BCUT2D eigenvalue weighted by Gasteiger charge is -2.27. The predicted octanol–water partition coefficient (Wildman–Crippen LogP) is 5.08. The van der Waals surface area contributed by atoms with Crippen molar-refractivity contribution in [3.63, 3.8) is 0 Å². The molecule has 164 valence electrons. The molecule has 1 amide bonds. The fourth-order valence-corrected chi connectivity index (χ4v) is 4.05. The van der Waals surface area contributed by atoms with Gasteiger partial charge in [-0.25, -0.2) is 4.98 Å². The molecule has 0 unspecified atom stereocenters. The number of anilines is 1. The Morgan fingerprint density at radius 2 is 1.97 bits per heavy atom. The zero-order valence-corrected chi connectivity index (χ0v) is 17.1. The number of fused-ring (bicyclic) bond motifs is 1. The van der Waals surface area contributed by atoms with E-state index in [2.05, 4.69) is 15.4 Å². The highest BCUT2D eigenvalue weighted by Crippen LogP contribution is 2.34. The second-order valence-electron chi connectivity index (χ2n) is 7.72. The van der Waals surface area contributed by atoms with Crippen LogP contribution in [0.2, 0.25) is 5.02 Å². The topological polar surface area (TPSA) is 80.0 Å². The molecule has 1 fully saturated rings. The first-order valence-corrected chi connectivity index (χ1v) is 10.3. The molecule has 1 aliphatic carbocycles. The lowest BCUT2D eigenvalue weighted by molar-refractivity contribution is -0.141. The number of hydrogen-bond acceptors (Lipinski definition) is 4. The molecule has 2 N–H and O–H groups in total. The van der Waals surface area contributed by atoms with Crippen LogP contribution in [0.25, 0.3) is 10.9 Å². The Morgan fingerprint density at radius 1 is 1.23 bits per heavy atom. The number of halogens is 4. The molecule has 0 bridgehead atoms. The van der Waals surface area contributed by atoms with Gasteiger partial charge < -0.3 is 10.4 Å². The maximum Gasteiger partial charge on any atom is 0.433 e. The molecular formula is C21H20ClF3N4O2. The number of carbonyl (C=O) groups excluding carboxylic acids is 1. The lowest BCUT2D eigenvalue weighted by atomic mass is 9.87. The molecule has 1 aliphatic rings. The van der Waals surface area contributed by atoms with Crippen molar-refractivity contribution in [2.24, 2.45) is 5.92 Å². The van der Waals surface area contributed by atoms with E-state index in [1.807, 2.05) is 10.9 Å². The summed E-state index contributed by atoms with van der Waals surface area (Å²) < 4.78 is 40.5. The fraction of sp³-hybridized carbons (Fsp3) is 0.381. The number of carbonyl (C=O) groups is 1. The van der Waals surface area contributed by atoms with Crippen LogP contribution < -0.4 is 5.32 Å². The predicted molar refractivity (Wildman–Crippen MR) is 110 cm³/mol. The molecule has 0 saturated heterocycles. The van der Waals surface area contributed by atoms with Crippen molar-refractivity contribution in [3.05, 3.63) is 52.9 Å². The summed E-state index contributed by atoms with van der Waals surface area (Å²) in [5.74, 6) is -0.455. The van der Waals surface area contributed by atoms with Crippen molar-refractivity contribution in [1.82, 2.24) is 14.8 Å². The number of aliphatic hydroxyl groups is 1. The molecule has 0 aliphatic heterocycles. The maximum atomic E-state index is 12.9. The standard InChI is InChI=1S/C21H20ClF3N4O2/c22-15-9-17-13(10-29(28-17)14-6-4-12(11-30)5-7-14)8-18(15)27-20(31)16-2-1-3-19(26-16)21(23,24)25/h1-3,8-10,12,14,30H,4-7,11H2,(H,27,31). The Morgan fingerprint density at radius 3 is 2.65 bits per heavy atom. The zero-order valence-electron chi connectivity index (χ0n) is 16.4. The van der Waals surface area contributed by atoms with Crippen molar-refractivity contribution >= 4 is 34.1 Å². The summed E-state index contributed by atoms with van der Waals surface area (Å²) in [7, 11) is 0. The quantitative estimate of drug-likeness (QED) is 0.578. The summed E-state index contributed by atoms with van der Waals surface area (Å²) in [5.41, 5.74) is -0.576. The second kappa shape index (κ2) is 8.47. The van der Waals surface area contributed by atoms with E-state index < -0.39 is 17.8 Å². The van der Waals surface area contributed by atoms with Crippen molar-refractivity contribution in [1.29, 1.82) is 0 Å². The van der Waals surface area contributed by atoms with E-state index in [0.29, 0.717) is 11.4 Å². The number of pyridine rings is 1. The monoisotopic (exact) mass is 452 g/mol. The Hall–Kier alpha value is -2.65. The lowest BCUT2D eigenvalue weighted by Crippen LogP contribution is -2.20. The van der Waals surface area contributed by atoms with Crippen LogP contribution in [0.4, 0.5) is 18.9 Å². The average molecular weight is 453 g/mol. The largest absolute Gasteiger partial charge is 0.433 e. The number of nitrogens with zero attached hydrogens (tertiary/aromatic N) is 3. The van der Waals surface area contributed by atoms with Crippen molar-refractivity contribution in [3.8, 4) is 0 Å². The third kappa shape index (κ3) is 4.67. The molecule has 3 aromatic rings. The molecule has 0 atom stereocenters. The van der Waals surface area contributed by atoms with Crippen LogP contribution in [0.5, 0.6) is 0 Å². The van der Waals surface area contributed by atoms with Crippen molar-refractivity contribution in [2.75, 3.05) is 11.9 Å². The number of rotatable bonds is 4. The van der Waals surface area contributed by atoms with E-state index in [-0.39, 0.29) is 29.1 Å². The van der Waals surface area contributed by atoms with Crippen LogP contribution >= 0.6 is 11.6 Å². The summed E-state index contributed by atoms with van der Waals surface area (Å²) in [6.45, 7) is 0.202. The first kappa shape index (κ1) is 21.6. The molecule has 4 rings (SSSR count). The molecule has 0 spiro atoms. The van der Waals surface area contributed by atoms with Gasteiger partial charge in [-0.3, -0.25) is 9.48 Å². The Labute approximate surface area is 181 Å². The molecule has 1 aromatic carbocycles. The van der Waals surface area contributed by atoms with Gasteiger partial charge in [0.15, 0.2) is 0 Å². The molecule has 31 heavy (non-hydrogen) atoms. The number of amides is 1. The third-order valence-electron chi connectivity index (χ3n) is 5.58. The number of aliphatic hydroxyl groups excluding tert-OH is 1. The Bertz CT molecular complexity index is 1110. The van der Waals surface area contributed by atoms with Crippen LogP contribution in [0, 0.1) is 5.92 Å². The highest BCUT2D eigenvalue weighted by Gasteiger charge is 2.33. The number of nitrogens with one attached hydrogen (secondary N) is 1. The first-order valence-electron chi connectivity index (χ1n) is 9.89. The van der Waals surface area contributed by atoms with Gasteiger partial charge in [0.05, 0.1) is 22.3 Å². The molecule has 2 heterocycles. The summed E-state index contributed by atoms with van der Waals surface area (Å²) in [4.78, 5) is 15.8. The maximum absolute atomic E-state index is 12.9. The number of benzene rings is 1. The van der Waals surface area contributed by atoms with E-state index in [1.165, 1.54) is 6.07 Å². The van der Waals surface area contributed by atoms with Gasteiger partial charge in [-0.05, 0) is 55.9 Å². The normalized spacial score (nSPS) is 19.5. The van der Waals surface area contributed by atoms with Crippen molar-refractivity contribution in [2.45, 2.75) is 37.9 Å². The van der Waals surface area contributed by atoms with Gasteiger partial charge in [0.25, 0.3) is 5.91 Å². The van der Waals surface area contributed by atoms with Crippen LogP contribution in [-0.4, -0.2) is 32.4 Å². The van der Waals surface area contributed by atoms with E-state index in [9.17, 15) is 23.1 Å². The SMILES string of the molecule is O=C(Nc1cc2cn(C3CCC(CO)CC3)nc2cc1Cl)c1cccc(C(F)(F)F)n1. The Balaban J connectivity index is 1.55. The van der Waals surface area contributed by atoms with Crippen LogP contribution in [0.15, 0.2) is 36.5 Å². The summed E-state index contributed by atoms with van der Waals surface area (Å²) >= 11 is 6.28. The highest BCUT2D eigenvalue weighted by molar-refractivity contribution is 6.34. The zero-order chi connectivity index (χ0) is 22.2. The molecule has 0 radical (unpaired) electrons. The van der Waals surface area contributed by atoms with Gasteiger partial charge in [0.1, 0.15) is 11.4 Å². The number of aromatic nitrogens is 3. The van der Waals surface area contributed by atoms with Crippen LogP contribution in [0.1, 0.15) is 47.9 Å². The summed E-state index contributed by atoms with van der Waals surface area (Å²) in [6, 6.07) is 6.62. The third-order valence-corrected chi connectivity index (χ3v) is 5.89. The summed E-state index contributed by atoms with van der Waals surface area (Å²) in [5, 5.41) is 17.4. The fourth-order valence-electron chi connectivity index (χ4n) is 3.85. The second-order valence-corrected chi connectivity index (χ2v) is 8.12. The van der Waals surface area contributed by atoms with Crippen LogP contribution in [0.3, 0.4) is 0 Å². The minimum atomic E-state index is -4.64. The van der Waals surface area contributed by atoms with E-state index >= 15 is 0 Å². The molecule has 1 saturated carbocycles. The number of alkyl halides is 3. The van der Waals surface area contributed by atoms with Gasteiger partial charge >= 0.3 is 6.18 Å². The van der Waals surface area contributed by atoms with Crippen molar-refractivity contribution < 1.29 is 23.1 Å². The van der Waals surface area contributed by atoms with E-state index in [1.54, 1.807) is 12.1 Å². The average Bonchev–Trinajstić information content (AvgIpc) is 3.16. The molecule has 2 aromatic heterocycles. The van der Waals surface area contributed by atoms with Gasteiger partial charge in [-0.1, -0.05) is 17.7 Å². The van der Waals surface area contributed by atoms with Gasteiger partial charge in [-0.2, -0.15) is 18.3 Å². The van der Waals surface area contributed by atoms with E-state index in [0.717, 1.165) is 43.2 Å². The van der Waals surface area contributed by atoms with Gasteiger partial charge in [0.2, 0.25) is 0 Å². The number of hydrogen-bond donors (Lipinski definition) is 2. The molecular weight excluding hydrogens is 433 g/mol. The minimum absolute atomic E-state index is 0.202. The smallest absolute Gasteiger partial charge is 0.396 e. The highest BCUT2D eigenvalue weighted by atomic mass is 35.5. The Kier molecular flexibility index (Phi) is 5.90.